The topological polar surface area (TPSA) is 53.5 Å². The Labute approximate surface area is 161 Å². The van der Waals surface area contributed by atoms with Crippen LogP contribution >= 0.6 is 0 Å². The molecule has 6 nitrogen and oxygen atoms in total. The second-order valence-electron chi connectivity index (χ2n) is 7.24. The summed E-state index contributed by atoms with van der Waals surface area (Å²) in [6.45, 7) is 9.14. The monoisotopic (exact) mass is 367 g/mol. The van der Waals surface area contributed by atoms with E-state index in [9.17, 15) is 0 Å². The van der Waals surface area contributed by atoms with Gasteiger partial charge < -0.3 is 19.9 Å². The first-order valence-corrected chi connectivity index (χ1v) is 10.1. The van der Waals surface area contributed by atoms with Crippen LogP contribution in [-0.2, 0) is 4.74 Å². The van der Waals surface area contributed by atoms with Crippen molar-refractivity contribution in [1.29, 1.82) is 0 Å². The van der Waals surface area contributed by atoms with E-state index in [4.69, 9.17) is 14.7 Å². The Morgan fingerprint density at radius 2 is 1.93 bits per heavy atom. The van der Waals surface area contributed by atoms with Gasteiger partial charge in [0, 0.05) is 51.0 Å². The predicted octanol–water partition coefficient (Wildman–Crippen LogP) is 2.88. The highest BCUT2D eigenvalue weighted by molar-refractivity contribution is 5.64. The molecule has 1 aromatic carbocycles. The number of aromatic nitrogens is 2. The van der Waals surface area contributed by atoms with Gasteiger partial charge in [-0.1, -0.05) is 37.3 Å². The molecule has 2 fully saturated rings. The zero-order valence-electron chi connectivity index (χ0n) is 16.1. The molecule has 2 aliphatic heterocycles. The van der Waals surface area contributed by atoms with Crippen molar-refractivity contribution in [3.8, 4) is 11.3 Å². The third-order valence-electron chi connectivity index (χ3n) is 5.44. The second-order valence-corrected chi connectivity index (χ2v) is 7.24. The van der Waals surface area contributed by atoms with Gasteiger partial charge in [-0.3, -0.25) is 0 Å². The van der Waals surface area contributed by atoms with Crippen molar-refractivity contribution in [1.82, 2.24) is 14.9 Å². The van der Waals surface area contributed by atoms with Crippen LogP contribution in [0.15, 0.2) is 36.4 Å². The van der Waals surface area contributed by atoms with E-state index in [-0.39, 0.29) is 6.10 Å². The largest absolute Gasteiger partial charge is 0.376 e. The van der Waals surface area contributed by atoms with E-state index in [0.717, 1.165) is 75.8 Å². The Bertz CT molecular complexity index is 725. The molecule has 2 aliphatic rings. The third-order valence-corrected chi connectivity index (χ3v) is 5.44. The highest BCUT2D eigenvalue weighted by Gasteiger charge is 2.20. The van der Waals surface area contributed by atoms with Gasteiger partial charge in [0.1, 0.15) is 5.82 Å². The first-order valence-electron chi connectivity index (χ1n) is 10.1. The van der Waals surface area contributed by atoms with Gasteiger partial charge in [0.05, 0.1) is 11.8 Å². The number of likely N-dealkylation sites (N-methyl/N-ethyl adjacent to an activating group) is 1. The van der Waals surface area contributed by atoms with Gasteiger partial charge in [-0.05, 0) is 19.4 Å². The average Bonchev–Trinajstić information content (AvgIpc) is 3.26. The van der Waals surface area contributed by atoms with Crippen LogP contribution in [0.4, 0.5) is 11.8 Å². The van der Waals surface area contributed by atoms with Crippen molar-refractivity contribution in [3.05, 3.63) is 36.4 Å². The molecule has 0 aliphatic carbocycles. The molecule has 3 heterocycles. The molecule has 2 saturated heterocycles. The summed E-state index contributed by atoms with van der Waals surface area (Å²) in [5, 5.41) is 3.41. The number of ether oxygens (including phenoxy) is 1. The molecule has 0 saturated carbocycles. The molecule has 0 radical (unpaired) electrons. The van der Waals surface area contributed by atoms with Crippen molar-refractivity contribution in [3.63, 3.8) is 0 Å². The van der Waals surface area contributed by atoms with Gasteiger partial charge in [-0.25, -0.2) is 4.98 Å². The van der Waals surface area contributed by atoms with Crippen molar-refractivity contribution >= 4 is 11.8 Å². The first-order chi connectivity index (χ1) is 13.3. The van der Waals surface area contributed by atoms with Crippen molar-refractivity contribution in [2.24, 2.45) is 0 Å². The minimum atomic E-state index is 0.269. The van der Waals surface area contributed by atoms with Crippen LogP contribution in [0.5, 0.6) is 0 Å². The van der Waals surface area contributed by atoms with Crippen LogP contribution in [0, 0.1) is 0 Å². The third kappa shape index (κ3) is 4.57. The summed E-state index contributed by atoms with van der Waals surface area (Å²) < 4.78 is 5.73. The highest BCUT2D eigenvalue weighted by atomic mass is 16.5. The molecular formula is C21H29N5O. The van der Waals surface area contributed by atoms with E-state index in [1.165, 1.54) is 0 Å². The van der Waals surface area contributed by atoms with Crippen molar-refractivity contribution in [2.75, 3.05) is 56.1 Å². The van der Waals surface area contributed by atoms with Gasteiger partial charge in [0.25, 0.3) is 0 Å². The van der Waals surface area contributed by atoms with E-state index < -0.39 is 0 Å². The number of hydrogen-bond donors (Lipinski definition) is 1. The Kier molecular flexibility index (Phi) is 5.84. The minimum Gasteiger partial charge on any atom is -0.376 e. The lowest BCUT2D eigenvalue weighted by atomic mass is 10.1. The molecule has 0 amide bonds. The number of nitrogens with one attached hydrogen (secondary N) is 1. The van der Waals surface area contributed by atoms with Crippen LogP contribution in [0.2, 0.25) is 0 Å². The summed E-state index contributed by atoms with van der Waals surface area (Å²) in [5.41, 5.74) is 2.09. The summed E-state index contributed by atoms with van der Waals surface area (Å²) in [4.78, 5) is 14.5. The molecule has 0 bridgehead atoms. The molecule has 4 rings (SSSR count). The Balaban J connectivity index is 1.56. The summed E-state index contributed by atoms with van der Waals surface area (Å²) in [5.74, 6) is 1.70. The average molecular weight is 367 g/mol. The van der Waals surface area contributed by atoms with Gasteiger partial charge in [0.15, 0.2) is 0 Å². The number of rotatable bonds is 6. The standard InChI is InChI=1S/C21H29N5O/c1-2-25-10-12-26(13-11-25)20-15-19(17-7-4-3-5-8-17)23-21(24-20)22-16-18-9-6-14-27-18/h3-5,7-8,15,18H,2,6,9-14,16H2,1H3,(H,22,23,24). The molecule has 144 valence electrons. The molecule has 6 heteroatoms. The lowest BCUT2D eigenvalue weighted by Gasteiger charge is -2.35. The van der Waals surface area contributed by atoms with Crippen LogP contribution < -0.4 is 10.2 Å². The molecule has 1 N–H and O–H groups in total. The fraction of sp³-hybridized carbons (Fsp3) is 0.524. The quantitative estimate of drug-likeness (QED) is 0.847. The minimum absolute atomic E-state index is 0.269. The zero-order valence-corrected chi connectivity index (χ0v) is 16.1. The number of benzene rings is 1. The number of hydrogen-bond acceptors (Lipinski definition) is 6. The van der Waals surface area contributed by atoms with Crippen LogP contribution in [0.3, 0.4) is 0 Å². The maximum atomic E-state index is 5.73. The summed E-state index contributed by atoms with van der Waals surface area (Å²) in [6, 6.07) is 12.5. The fourth-order valence-electron chi connectivity index (χ4n) is 3.74. The Morgan fingerprint density at radius 1 is 1.11 bits per heavy atom. The first kappa shape index (κ1) is 18.2. The van der Waals surface area contributed by atoms with Gasteiger partial charge >= 0.3 is 0 Å². The maximum absolute atomic E-state index is 5.73. The summed E-state index contributed by atoms with van der Waals surface area (Å²) in [6.07, 6.45) is 2.52. The SMILES string of the molecule is CCN1CCN(c2cc(-c3ccccc3)nc(NCC3CCCO3)n2)CC1. The lowest BCUT2D eigenvalue weighted by molar-refractivity contribution is 0.120. The van der Waals surface area contributed by atoms with Gasteiger partial charge in [-0.2, -0.15) is 4.98 Å². The van der Waals surface area contributed by atoms with E-state index in [0.29, 0.717) is 5.95 Å². The second kappa shape index (κ2) is 8.67. The number of anilines is 2. The molecular weight excluding hydrogens is 338 g/mol. The Morgan fingerprint density at radius 3 is 2.63 bits per heavy atom. The van der Waals surface area contributed by atoms with Gasteiger partial charge in [0.2, 0.25) is 5.95 Å². The maximum Gasteiger partial charge on any atom is 0.225 e. The van der Waals surface area contributed by atoms with E-state index in [1.807, 2.05) is 6.07 Å². The fourth-order valence-corrected chi connectivity index (χ4v) is 3.74. The Hall–Kier alpha value is -2.18. The van der Waals surface area contributed by atoms with E-state index >= 15 is 0 Å². The molecule has 2 aromatic rings. The van der Waals surface area contributed by atoms with Gasteiger partial charge in [-0.15, -0.1) is 0 Å². The molecule has 1 unspecified atom stereocenters. The van der Waals surface area contributed by atoms with E-state index in [1.54, 1.807) is 0 Å². The molecule has 0 spiro atoms. The van der Waals surface area contributed by atoms with E-state index in [2.05, 4.69) is 52.4 Å². The van der Waals surface area contributed by atoms with Crippen LogP contribution in [0.1, 0.15) is 19.8 Å². The predicted molar refractivity (Wildman–Crippen MR) is 109 cm³/mol. The van der Waals surface area contributed by atoms with Crippen molar-refractivity contribution < 1.29 is 4.74 Å². The van der Waals surface area contributed by atoms with Crippen LogP contribution in [0.25, 0.3) is 11.3 Å². The summed E-state index contributed by atoms with van der Waals surface area (Å²) in [7, 11) is 0. The molecule has 1 atom stereocenters. The highest BCUT2D eigenvalue weighted by Crippen LogP contribution is 2.24. The van der Waals surface area contributed by atoms with Crippen molar-refractivity contribution in [2.45, 2.75) is 25.9 Å². The van der Waals surface area contributed by atoms with Crippen LogP contribution in [-0.4, -0.2) is 66.8 Å². The molecule has 1 aromatic heterocycles. The summed E-state index contributed by atoms with van der Waals surface area (Å²) >= 11 is 0. The smallest absolute Gasteiger partial charge is 0.225 e. The molecule has 27 heavy (non-hydrogen) atoms. The normalized spacial score (nSPS) is 20.8. The zero-order chi connectivity index (χ0) is 18.5. The number of piperazine rings is 1. The number of nitrogens with zero attached hydrogens (tertiary/aromatic N) is 4. The lowest BCUT2D eigenvalue weighted by Crippen LogP contribution is -2.46.